The van der Waals surface area contributed by atoms with Crippen LogP contribution < -0.4 is 10.6 Å². The number of aryl methyl sites for hydroxylation is 2. The second-order valence-electron chi connectivity index (χ2n) is 7.02. The van der Waals surface area contributed by atoms with Crippen molar-refractivity contribution in [3.63, 3.8) is 0 Å². The molecule has 0 fully saturated rings. The molecule has 0 saturated carbocycles. The summed E-state index contributed by atoms with van der Waals surface area (Å²) in [6.07, 6.45) is 4.94. The van der Waals surface area contributed by atoms with E-state index in [1.54, 1.807) is 0 Å². The number of rotatable bonds is 3. The van der Waals surface area contributed by atoms with Crippen LogP contribution in [0.3, 0.4) is 0 Å². The zero-order valence-electron chi connectivity index (χ0n) is 14.6. The van der Waals surface area contributed by atoms with E-state index in [9.17, 15) is 4.79 Å². The highest BCUT2D eigenvalue weighted by atomic mass is 35.5. The van der Waals surface area contributed by atoms with Gasteiger partial charge in [-0.2, -0.15) is 0 Å². The first-order valence-corrected chi connectivity index (χ1v) is 8.96. The maximum absolute atomic E-state index is 12.6. The minimum atomic E-state index is 0. The Hall–Kier alpha value is -1.84. The minimum absolute atomic E-state index is 0. The number of fused-ring (bicyclic) bond motifs is 2. The van der Waals surface area contributed by atoms with Gasteiger partial charge in [0.2, 0.25) is 0 Å². The van der Waals surface area contributed by atoms with Crippen LogP contribution in [0.5, 0.6) is 0 Å². The van der Waals surface area contributed by atoms with Gasteiger partial charge in [0.05, 0.1) is 6.04 Å². The summed E-state index contributed by atoms with van der Waals surface area (Å²) >= 11 is 0. The lowest BCUT2D eigenvalue weighted by Crippen LogP contribution is -2.27. The summed E-state index contributed by atoms with van der Waals surface area (Å²) in [7, 11) is 0. The van der Waals surface area contributed by atoms with Gasteiger partial charge in [0.1, 0.15) is 0 Å². The van der Waals surface area contributed by atoms with Crippen LogP contribution in [-0.2, 0) is 25.9 Å². The van der Waals surface area contributed by atoms with Gasteiger partial charge in [-0.15, -0.1) is 12.4 Å². The number of benzene rings is 2. The van der Waals surface area contributed by atoms with Crippen LogP contribution in [0.25, 0.3) is 0 Å². The lowest BCUT2D eigenvalue weighted by molar-refractivity contribution is 0.0940. The van der Waals surface area contributed by atoms with Crippen molar-refractivity contribution in [3.05, 3.63) is 69.8 Å². The molecule has 0 saturated heterocycles. The maximum atomic E-state index is 12.6. The Labute approximate surface area is 155 Å². The van der Waals surface area contributed by atoms with Crippen LogP contribution in [-0.4, -0.2) is 5.91 Å². The van der Waals surface area contributed by atoms with Crippen molar-refractivity contribution in [3.8, 4) is 0 Å². The van der Waals surface area contributed by atoms with E-state index in [1.807, 2.05) is 12.1 Å². The predicted octanol–water partition coefficient (Wildman–Crippen LogP) is 4.08. The van der Waals surface area contributed by atoms with Gasteiger partial charge in [-0.05, 0) is 72.6 Å². The van der Waals surface area contributed by atoms with E-state index in [4.69, 9.17) is 0 Å². The van der Waals surface area contributed by atoms with Crippen LogP contribution in [0.2, 0.25) is 0 Å². The molecule has 2 aromatic carbocycles. The molecule has 4 rings (SSSR count). The molecule has 132 valence electrons. The molecule has 2 N–H and O–H groups in total. The van der Waals surface area contributed by atoms with Gasteiger partial charge >= 0.3 is 0 Å². The van der Waals surface area contributed by atoms with Crippen LogP contribution in [0.1, 0.15) is 64.0 Å². The summed E-state index contributed by atoms with van der Waals surface area (Å²) in [6.45, 7) is 3.83. The molecule has 25 heavy (non-hydrogen) atoms. The van der Waals surface area contributed by atoms with Gasteiger partial charge in [0.25, 0.3) is 5.91 Å². The Balaban J connectivity index is 0.00000182. The second-order valence-corrected chi connectivity index (χ2v) is 7.02. The number of halogens is 1. The molecule has 1 aliphatic heterocycles. The van der Waals surface area contributed by atoms with Crippen molar-refractivity contribution in [1.29, 1.82) is 0 Å². The third kappa shape index (κ3) is 3.73. The smallest absolute Gasteiger partial charge is 0.251 e. The quantitative estimate of drug-likeness (QED) is 0.870. The van der Waals surface area contributed by atoms with Gasteiger partial charge in [-0.25, -0.2) is 0 Å². The third-order valence-electron chi connectivity index (χ3n) is 5.32. The molecule has 1 heterocycles. The fourth-order valence-electron chi connectivity index (χ4n) is 3.82. The maximum Gasteiger partial charge on any atom is 0.251 e. The highest BCUT2D eigenvalue weighted by Crippen LogP contribution is 2.25. The fraction of sp³-hybridized carbons (Fsp3) is 0.381. The van der Waals surface area contributed by atoms with E-state index in [1.165, 1.54) is 53.5 Å². The number of nitrogens with one attached hydrogen (secondary N) is 2. The lowest BCUT2D eigenvalue weighted by atomic mass is 9.89. The van der Waals surface area contributed by atoms with Crippen LogP contribution in [0.15, 0.2) is 36.4 Å². The molecule has 4 heteroatoms. The zero-order chi connectivity index (χ0) is 16.5. The van der Waals surface area contributed by atoms with E-state index in [2.05, 4.69) is 41.8 Å². The summed E-state index contributed by atoms with van der Waals surface area (Å²) in [5.41, 5.74) is 7.44. The van der Waals surface area contributed by atoms with E-state index in [0.29, 0.717) is 0 Å². The van der Waals surface area contributed by atoms with Crippen molar-refractivity contribution >= 4 is 18.3 Å². The first kappa shape index (κ1) is 18.0. The van der Waals surface area contributed by atoms with E-state index in [-0.39, 0.29) is 24.4 Å². The Morgan fingerprint density at radius 3 is 2.52 bits per heavy atom. The summed E-state index contributed by atoms with van der Waals surface area (Å²) in [4.78, 5) is 12.6. The summed E-state index contributed by atoms with van der Waals surface area (Å²) in [6, 6.07) is 12.7. The summed E-state index contributed by atoms with van der Waals surface area (Å²) in [5, 5.41) is 6.47. The molecule has 0 aromatic heterocycles. The average molecular weight is 357 g/mol. The molecule has 0 radical (unpaired) electrons. The van der Waals surface area contributed by atoms with E-state index < -0.39 is 0 Å². The highest BCUT2D eigenvalue weighted by molar-refractivity contribution is 5.94. The largest absolute Gasteiger partial charge is 0.346 e. The Morgan fingerprint density at radius 1 is 0.960 bits per heavy atom. The second kappa shape index (κ2) is 7.59. The van der Waals surface area contributed by atoms with Gasteiger partial charge < -0.3 is 10.6 Å². The number of carbonyl (C=O) groups is 1. The van der Waals surface area contributed by atoms with E-state index in [0.717, 1.165) is 18.7 Å². The molecule has 1 amide bonds. The molecule has 1 aliphatic carbocycles. The molecular weight excluding hydrogens is 332 g/mol. The predicted molar refractivity (Wildman–Crippen MR) is 103 cm³/mol. The zero-order valence-corrected chi connectivity index (χ0v) is 15.4. The van der Waals surface area contributed by atoms with Crippen molar-refractivity contribution in [1.82, 2.24) is 10.6 Å². The summed E-state index contributed by atoms with van der Waals surface area (Å²) < 4.78 is 0. The van der Waals surface area contributed by atoms with Gasteiger partial charge in [0.15, 0.2) is 0 Å². The third-order valence-corrected chi connectivity index (χ3v) is 5.32. The lowest BCUT2D eigenvalue weighted by Gasteiger charge is -2.20. The summed E-state index contributed by atoms with van der Waals surface area (Å²) in [5.74, 6) is 0.00919. The molecule has 3 nitrogen and oxygen atoms in total. The first-order valence-electron chi connectivity index (χ1n) is 8.96. The van der Waals surface area contributed by atoms with Gasteiger partial charge in [-0.3, -0.25) is 4.79 Å². The van der Waals surface area contributed by atoms with Crippen LogP contribution in [0.4, 0.5) is 0 Å². The van der Waals surface area contributed by atoms with Crippen molar-refractivity contribution < 1.29 is 4.79 Å². The van der Waals surface area contributed by atoms with Crippen molar-refractivity contribution in [2.75, 3.05) is 0 Å². The topological polar surface area (TPSA) is 41.1 Å². The number of carbonyl (C=O) groups excluding carboxylic acids is 1. The SMILES string of the molecule is CC(NC(=O)c1ccc2c(c1)CNC2)c1ccc2c(c1)CCCC2.Cl. The molecule has 1 unspecified atom stereocenters. The van der Waals surface area contributed by atoms with Gasteiger partial charge in [0, 0.05) is 18.7 Å². The normalized spacial score (nSPS) is 16.4. The molecule has 0 bridgehead atoms. The van der Waals surface area contributed by atoms with Crippen molar-refractivity contribution in [2.45, 2.75) is 51.7 Å². The number of hydrogen-bond donors (Lipinski definition) is 2. The number of amides is 1. The standard InChI is InChI=1S/C21H24N2O.ClH/c1-14(16-7-6-15-4-2-3-5-17(15)10-16)23-21(24)18-8-9-19-12-22-13-20(19)11-18;/h6-11,14,22H,2-5,12-13H2,1H3,(H,23,24);1H. The molecular formula is C21H25ClN2O. The minimum Gasteiger partial charge on any atom is -0.346 e. The monoisotopic (exact) mass is 356 g/mol. The van der Waals surface area contributed by atoms with Crippen LogP contribution >= 0.6 is 12.4 Å². The highest BCUT2D eigenvalue weighted by Gasteiger charge is 2.17. The fourth-order valence-corrected chi connectivity index (χ4v) is 3.82. The average Bonchev–Trinajstić information content (AvgIpc) is 3.08. The Bertz CT molecular complexity index is 787. The molecule has 2 aromatic rings. The number of hydrogen-bond acceptors (Lipinski definition) is 2. The molecule has 1 atom stereocenters. The van der Waals surface area contributed by atoms with E-state index >= 15 is 0 Å². The van der Waals surface area contributed by atoms with Crippen LogP contribution in [0, 0.1) is 0 Å². The molecule has 2 aliphatic rings. The van der Waals surface area contributed by atoms with Gasteiger partial charge in [-0.1, -0.05) is 24.3 Å². The Kier molecular flexibility index (Phi) is 5.45. The van der Waals surface area contributed by atoms with Crippen molar-refractivity contribution in [2.24, 2.45) is 0 Å². The molecule has 0 spiro atoms. The Morgan fingerprint density at radius 2 is 1.68 bits per heavy atom. The first-order chi connectivity index (χ1) is 11.7.